The van der Waals surface area contributed by atoms with Crippen molar-refractivity contribution in [2.75, 3.05) is 13.2 Å². The molecule has 2 aliphatic heterocycles. The Morgan fingerprint density at radius 3 is 2.67 bits per heavy atom. The molecule has 0 saturated carbocycles. The maximum Gasteiger partial charge on any atom is 0.306 e. The van der Waals surface area contributed by atoms with Crippen LogP contribution in [-0.2, 0) is 26.1 Å². The van der Waals surface area contributed by atoms with Crippen molar-refractivity contribution < 1.29 is 22.7 Å². The van der Waals surface area contributed by atoms with Gasteiger partial charge in [-0.15, -0.1) is 0 Å². The average molecular weight is 610 g/mol. The fourth-order valence-corrected chi connectivity index (χ4v) is 7.55. The van der Waals surface area contributed by atoms with Gasteiger partial charge in [0.25, 0.3) is 0 Å². The van der Waals surface area contributed by atoms with Crippen LogP contribution in [-0.4, -0.2) is 44.0 Å². The second kappa shape index (κ2) is 12.1. The molecule has 10 heteroatoms. The van der Waals surface area contributed by atoms with E-state index in [0.29, 0.717) is 16.5 Å². The zero-order valence-corrected chi connectivity index (χ0v) is 26.1. The normalized spacial score (nSPS) is 21.9. The van der Waals surface area contributed by atoms with Gasteiger partial charge in [0.15, 0.2) is 0 Å². The number of ether oxygens (including phenoxy) is 2. The van der Waals surface area contributed by atoms with Gasteiger partial charge in [0.1, 0.15) is 22.4 Å². The summed E-state index contributed by atoms with van der Waals surface area (Å²) in [7, 11) is -3.82. The molecule has 4 atom stereocenters. The van der Waals surface area contributed by atoms with Gasteiger partial charge in [0.05, 0.1) is 30.6 Å². The van der Waals surface area contributed by atoms with E-state index in [-0.39, 0.29) is 55.0 Å². The molecule has 3 aromatic rings. The first-order valence-electron chi connectivity index (χ1n) is 14.2. The summed E-state index contributed by atoms with van der Waals surface area (Å²) in [5.74, 6) is -0.268. The summed E-state index contributed by atoms with van der Waals surface area (Å²) in [6.45, 7) is 10.3. The number of rotatable bonds is 7. The number of hydrogen-bond donors (Lipinski definition) is 0. The standard InChI is InChI=1S/C32H36ClN3O5S/c1-6-40-30(37)16-27(26-14-13-25-21(4)22(5)34-35-32(25)31(26)33)23-12-11-19(2)24(15-23)18-36-17-20(3)41-28-9-7-8-10-29(28)42(36,38)39/h7-15,20-22,27H,6,16-18H2,1-5H3. The Balaban J connectivity index is 1.55. The largest absolute Gasteiger partial charge is 0.488 e. The molecule has 4 unspecified atom stereocenters. The monoisotopic (exact) mass is 609 g/mol. The van der Waals surface area contributed by atoms with Crippen molar-refractivity contribution in [3.8, 4) is 5.75 Å². The van der Waals surface area contributed by atoms with Gasteiger partial charge in [0, 0.05) is 18.4 Å². The molecule has 8 nitrogen and oxygen atoms in total. The number of benzene rings is 3. The number of azo groups is 1. The summed E-state index contributed by atoms with van der Waals surface area (Å²) in [4.78, 5) is 13.0. The summed E-state index contributed by atoms with van der Waals surface area (Å²) in [5.41, 5.74) is 4.99. The molecule has 0 fully saturated rings. The predicted octanol–water partition coefficient (Wildman–Crippen LogP) is 7.29. The fourth-order valence-electron chi connectivity index (χ4n) is 5.59. The van der Waals surface area contributed by atoms with Crippen LogP contribution >= 0.6 is 11.6 Å². The summed E-state index contributed by atoms with van der Waals surface area (Å²) in [6.07, 6.45) is -0.268. The molecule has 0 bridgehead atoms. The van der Waals surface area contributed by atoms with E-state index in [1.165, 1.54) is 4.31 Å². The lowest BCUT2D eigenvalue weighted by Crippen LogP contribution is -2.35. The smallest absolute Gasteiger partial charge is 0.306 e. The third-order valence-corrected chi connectivity index (χ3v) is 10.4. The van der Waals surface area contributed by atoms with Gasteiger partial charge >= 0.3 is 5.97 Å². The second-order valence-corrected chi connectivity index (χ2v) is 13.4. The molecule has 3 aromatic carbocycles. The molecule has 0 aromatic heterocycles. The minimum Gasteiger partial charge on any atom is -0.488 e. The van der Waals surface area contributed by atoms with Gasteiger partial charge in [-0.3, -0.25) is 4.79 Å². The maximum atomic E-state index is 13.7. The lowest BCUT2D eigenvalue weighted by molar-refractivity contribution is -0.143. The summed E-state index contributed by atoms with van der Waals surface area (Å²) in [5, 5.41) is 9.28. The SMILES string of the molecule is CCOC(=O)CC(c1ccc(C)c(CN2CC(C)Oc3ccccc3S2(=O)=O)c1)c1ccc2c(c1Cl)N=NC(C)C2C. The predicted molar refractivity (Wildman–Crippen MR) is 162 cm³/mol. The number of carbonyl (C=O) groups is 1. The lowest BCUT2D eigenvalue weighted by atomic mass is 9.84. The Labute approximate surface area is 252 Å². The molecular formula is C32H36ClN3O5S. The van der Waals surface area contributed by atoms with Gasteiger partial charge in [-0.1, -0.05) is 61.0 Å². The van der Waals surface area contributed by atoms with Gasteiger partial charge in [-0.25, -0.2) is 8.42 Å². The van der Waals surface area contributed by atoms with Crippen LogP contribution in [0.4, 0.5) is 5.69 Å². The number of halogens is 1. The van der Waals surface area contributed by atoms with E-state index in [1.807, 2.05) is 51.1 Å². The quantitative estimate of drug-likeness (QED) is 0.262. The highest BCUT2D eigenvalue weighted by Gasteiger charge is 2.34. The number of fused-ring (bicyclic) bond motifs is 2. The Morgan fingerprint density at radius 1 is 1.14 bits per heavy atom. The number of esters is 1. The minimum absolute atomic E-state index is 0.0461. The molecule has 2 heterocycles. The van der Waals surface area contributed by atoms with Crippen molar-refractivity contribution in [3.63, 3.8) is 0 Å². The summed E-state index contributed by atoms with van der Waals surface area (Å²) >= 11 is 6.98. The number of carbonyl (C=O) groups excluding carboxylic acids is 1. The summed E-state index contributed by atoms with van der Waals surface area (Å²) in [6, 6.07) is 16.6. The molecule has 0 saturated heterocycles. The highest BCUT2D eigenvalue weighted by Crippen LogP contribution is 2.45. The van der Waals surface area contributed by atoms with Crippen LogP contribution in [0, 0.1) is 6.92 Å². The zero-order chi connectivity index (χ0) is 30.2. The van der Waals surface area contributed by atoms with Crippen LogP contribution < -0.4 is 4.74 Å². The molecular weight excluding hydrogens is 574 g/mol. The third-order valence-electron chi connectivity index (χ3n) is 8.16. The first-order chi connectivity index (χ1) is 20.0. The molecule has 5 rings (SSSR count). The van der Waals surface area contributed by atoms with Crippen molar-refractivity contribution >= 4 is 33.3 Å². The molecule has 222 valence electrons. The van der Waals surface area contributed by atoms with E-state index in [2.05, 4.69) is 17.2 Å². The van der Waals surface area contributed by atoms with E-state index < -0.39 is 15.9 Å². The van der Waals surface area contributed by atoms with E-state index >= 15 is 0 Å². The molecule has 0 aliphatic carbocycles. The molecule has 2 aliphatic rings. The zero-order valence-electron chi connectivity index (χ0n) is 24.5. The lowest BCUT2D eigenvalue weighted by Gasteiger charge is -2.26. The molecule has 0 radical (unpaired) electrons. The number of para-hydroxylation sites is 1. The van der Waals surface area contributed by atoms with E-state index in [0.717, 1.165) is 27.8 Å². The molecule has 0 spiro atoms. The van der Waals surface area contributed by atoms with Crippen molar-refractivity contribution in [1.82, 2.24) is 4.31 Å². The van der Waals surface area contributed by atoms with Crippen LogP contribution in [0.25, 0.3) is 0 Å². The van der Waals surface area contributed by atoms with Crippen molar-refractivity contribution in [3.05, 3.63) is 87.4 Å². The van der Waals surface area contributed by atoms with Crippen molar-refractivity contribution in [2.24, 2.45) is 10.2 Å². The highest BCUT2D eigenvalue weighted by atomic mass is 35.5. The Bertz CT molecular complexity index is 1640. The van der Waals surface area contributed by atoms with Crippen LogP contribution in [0.5, 0.6) is 5.75 Å². The van der Waals surface area contributed by atoms with E-state index in [9.17, 15) is 13.2 Å². The van der Waals surface area contributed by atoms with E-state index in [4.69, 9.17) is 21.1 Å². The summed E-state index contributed by atoms with van der Waals surface area (Å²) < 4.78 is 40.2. The molecule has 0 amide bonds. The van der Waals surface area contributed by atoms with Crippen LogP contribution in [0.15, 0.2) is 69.7 Å². The average Bonchev–Trinajstić information content (AvgIpc) is 3.04. The second-order valence-electron chi connectivity index (χ2n) is 11.1. The topological polar surface area (TPSA) is 97.6 Å². The minimum atomic E-state index is -3.82. The molecule has 0 N–H and O–H groups in total. The van der Waals surface area contributed by atoms with Crippen molar-refractivity contribution in [2.45, 2.75) is 76.5 Å². The molecule has 42 heavy (non-hydrogen) atoms. The van der Waals surface area contributed by atoms with Gasteiger partial charge < -0.3 is 9.47 Å². The van der Waals surface area contributed by atoms with Gasteiger partial charge in [-0.05, 0) is 67.6 Å². The maximum absolute atomic E-state index is 13.7. The number of hydrogen-bond acceptors (Lipinski definition) is 7. The first kappa shape index (κ1) is 30.2. The van der Waals surface area contributed by atoms with Crippen molar-refractivity contribution in [1.29, 1.82) is 0 Å². The highest BCUT2D eigenvalue weighted by molar-refractivity contribution is 7.89. The van der Waals surface area contributed by atoms with Crippen LogP contribution in [0.2, 0.25) is 5.02 Å². The Morgan fingerprint density at radius 2 is 1.90 bits per heavy atom. The number of nitrogens with zero attached hydrogens (tertiary/aromatic N) is 3. The number of sulfonamides is 1. The van der Waals surface area contributed by atoms with E-state index in [1.54, 1.807) is 31.2 Å². The van der Waals surface area contributed by atoms with Gasteiger partial charge in [-0.2, -0.15) is 14.5 Å². The van der Waals surface area contributed by atoms with Crippen LogP contribution in [0.1, 0.15) is 73.8 Å². The van der Waals surface area contributed by atoms with Gasteiger partial charge in [0.2, 0.25) is 10.0 Å². The number of aryl methyl sites for hydroxylation is 1. The Kier molecular flexibility index (Phi) is 8.73. The first-order valence-corrected chi connectivity index (χ1v) is 16.1. The van der Waals surface area contributed by atoms with Crippen LogP contribution in [0.3, 0.4) is 0 Å². The fraction of sp³-hybridized carbons (Fsp3) is 0.406. The third kappa shape index (κ3) is 5.82. The Hall–Kier alpha value is -3.27.